The highest BCUT2D eigenvalue weighted by Crippen LogP contribution is 2.44. The molecule has 2 aliphatic heterocycles. The van der Waals surface area contributed by atoms with Gasteiger partial charge in [0, 0.05) is 31.6 Å². The van der Waals surface area contributed by atoms with E-state index in [-0.39, 0.29) is 11.5 Å². The fourth-order valence-electron chi connectivity index (χ4n) is 4.16. The van der Waals surface area contributed by atoms with Crippen molar-refractivity contribution in [1.82, 2.24) is 10.4 Å². The molecule has 0 bridgehead atoms. The highest BCUT2D eigenvalue weighted by Gasteiger charge is 2.51. The molecule has 2 fully saturated rings. The minimum atomic E-state index is -0.00662. The summed E-state index contributed by atoms with van der Waals surface area (Å²) < 4.78 is 5.60. The standard InChI is InChI=1S/C19H24N2O2/c1-19(2)13-21(11-14-7-4-3-5-8-14)12-15-17(23-20-18(15)19)16-9-6-10-22-16/h3-10,15,17-18,20H,11-13H2,1-2H3/t15-,17+,18+/m0/s1. The molecule has 4 nitrogen and oxygen atoms in total. The van der Waals surface area contributed by atoms with E-state index in [0.717, 1.165) is 25.4 Å². The van der Waals surface area contributed by atoms with Crippen molar-refractivity contribution in [1.29, 1.82) is 0 Å². The highest BCUT2D eigenvalue weighted by atomic mass is 16.7. The molecule has 3 heterocycles. The number of hydroxylamine groups is 1. The lowest BCUT2D eigenvalue weighted by Gasteiger charge is -2.45. The lowest BCUT2D eigenvalue weighted by Crippen LogP contribution is -2.56. The van der Waals surface area contributed by atoms with Crippen molar-refractivity contribution in [3.8, 4) is 0 Å². The molecule has 0 unspecified atom stereocenters. The van der Waals surface area contributed by atoms with Crippen molar-refractivity contribution in [2.75, 3.05) is 13.1 Å². The maximum Gasteiger partial charge on any atom is 0.142 e. The summed E-state index contributed by atoms with van der Waals surface area (Å²) in [4.78, 5) is 8.45. The van der Waals surface area contributed by atoms with Gasteiger partial charge in [0.25, 0.3) is 0 Å². The molecule has 2 aliphatic rings. The summed E-state index contributed by atoms with van der Waals surface area (Å²) in [5.41, 5.74) is 4.80. The topological polar surface area (TPSA) is 37.6 Å². The number of benzene rings is 1. The molecule has 0 saturated carbocycles. The van der Waals surface area contributed by atoms with Gasteiger partial charge >= 0.3 is 0 Å². The summed E-state index contributed by atoms with van der Waals surface area (Å²) in [6, 6.07) is 15.0. The van der Waals surface area contributed by atoms with Crippen molar-refractivity contribution in [3.05, 3.63) is 60.1 Å². The number of nitrogens with one attached hydrogen (secondary N) is 1. The quantitative estimate of drug-likeness (QED) is 0.943. The Morgan fingerprint density at radius 1 is 1.17 bits per heavy atom. The van der Waals surface area contributed by atoms with Crippen LogP contribution in [0, 0.1) is 11.3 Å². The van der Waals surface area contributed by atoms with Gasteiger partial charge in [-0.1, -0.05) is 44.2 Å². The van der Waals surface area contributed by atoms with Crippen LogP contribution in [0.25, 0.3) is 0 Å². The molecular formula is C19H24N2O2. The molecule has 3 atom stereocenters. The molecule has 2 saturated heterocycles. The predicted molar refractivity (Wildman–Crippen MR) is 88.4 cm³/mol. The molecule has 2 aromatic rings. The Balaban J connectivity index is 1.56. The SMILES string of the molecule is CC1(C)CN(Cc2ccccc2)C[C@@H]2[C@H]1NO[C@H]2c1ccco1. The Hall–Kier alpha value is -1.62. The maximum absolute atomic E-state index is 5.91. The molecule has 4 heteroatoms. The Kier molecular flexibility index (Phi) is 3.76. The molecule has 0 aliphatic carbocycles. The van der Waals surface area contributed by atoms with Crippen LogP contribution in [0.5, 0.6) is 0 Å². The number of piperidine rings is 1. The molecule has 0 radical (unpaired) electrons. The molecular weight excluding hydrogens is 288 g/mol. The van der Waals surface area contributed by atoms with E-state index in [2.05, 4.69) is 54.6 Å². The Labute approximate surface area is 137 Å². The number of likely N-dealkylation sites (tertiary alicyclic amines) is 1. The van der Waals surface area contributed by atoms with E-state index >= 15 is 0 Å². The molecule has 0 spiro atoms. The van der Waals surface area contributed by atoms with Gasteiger partial charge < -0.3 is 4.42 Å². The van der Waals surface area contributed by atoms with E-state index in [4.69, 9.17) is 9.25 Å². The van der Waals surface area contributed by atoms with E-state index in [0.29, 0.717) is 12.0 Å². The zero-order chi connectivity index (χ0) is 15.9. The van der Waals surface area contributed by atoms with Crippen LogP contribution in [0.1, 0.15) is 31.3 Å². The van der Waals surface area contributed by atoms with Gasteiger partial charge in [-0.05, 0) is 23.1 Å². The second-order valence-electron chi connectivity index (χ2n) is 7.46. The molecule has 1 aromatic heterocycles. The first-order valence-electron chi connectivity index (χ1n) is 8.34. The van der Waals surface area contributed by atoms with Crippen molar-refractivity contribution >= 4 is 0 Å². The van der Waals surface area contributed by atoms with E-state index in [1.165, 1.54) is 5.56 Å². The van der Waals surface area contributed by atoms with Gasteiger partial charge in [-0.15, -0.1) is 0 Å². The van der Waals surface area contributed by atoms with E-state index in [1.807, 2.05) is 12.1 Å². The molecule has 0 amide bonds. The number of fused-ring (bicyclic) bond motifs is 1. The van der Waals surface area contributed by atoms with Crippen LogP contribution in [0.4, 0.5) is 0 Å². The van der Waals surface area contributed by atoms with Crippen LogP contribution in [-0.4, -0.2) is 24.0 Å². The summed E-state index contributed by atoms with van der Waals surface area (Å²) in [6.45, 7) is 7.70. The number of hydrogen-bond acceptors (Lipinski definition) is 4. The molecule has 122 valence electrons. The van der Waals surface area contributed by atoms with Gasteiger partial charge in [0.2, 0.25) is 0 Å². The second kappa shape index (κ2) is 5.78. The summed E-state index contributed by atoms with van der Waals surface area (Å²) in [5.74, 6) is 1.32. The average Bonchev–Trinajstić information content (AvgIpc) is 3.16. The average molecular weight is 312 g/mol. The first-order chi connectivity index (χ1) is 11.1. The molecule has 1 N–H and O–H groups in total. The van der Waals surface area contributed by atoms with E-state index in [1.54, 1.807) is 6.26 Å². The Bertz CT molecular complexity index is 639. The summed E-state index contributed by atoms with van der Waals surface area (Å²) in [7, 11) is 0. The molecule has 4 rings (SSSR count). The normalized spacial score (nSPS) is 30.3. The van der Waals surface area contributed by atoms with Crippen LogP contribution < -0.4 is 5.48 Å². The van der Waals surface area contributed by atoms with E-state index < -0.39 is 0 Å². The predicted octanol–water partition coefficient (Wildman–Crippen LogP) is 3.38. The third-order valence-electron chi connectivity index (χ3n) is 5.15. The lowest BCUT2D eigenvalue weighted by atomic mass is 9.72. The minimum absolute atomic E-state index is 0.00662. The highest BCUT2D eigenvalue weighted by molar-refractivity contribution is 5.16. The van der Waals surface area contributed by atoms with Crippen LogP contribution in [0.3, 0.4) is 0 Å². The Morgan fingerprint density at radius 2 is 2.00 bits per heavy atom. The smallest absolute Gasteiger partial charge is 0.142 e. The van der Waals surface area contributed by atoms with Crippen LogP contribution in [0.2, 0.25) is 0 Å². The first-order valence-corrected chi connectivity index (χ1v) is 8.34. The van der Waals surface area contributed by atoms with Crippen molar-refractivity contribution < 1.29 is 9.25 Å². The number of nitrogens with zero attached hydrogens (tertiary/aromatic N) is 1. The zero-order valence-corrected chi connectivity index (χ0v) is 13.7. The monoisotopic (exact) mass is 312 g/mol. The van der Waals surface area contributed by atoms with Gasteiger partial charge in [0.1, 0.15) is 11.9 Å². The first kappa shape index (κ1) is 14.9. The summed E-state index contributed by atoms with van der Waals surface area (Å²) in [6.07, 6.45) is 1.72. The fraction of sp³-hybridized carbons (Fsp3) is 0.474. The molecule has 1 aromatic carbocycles. The Morgan fingerprint density at radius 3 is 2.74 bits per heavy atom. The zero-order valence-electron chi connectivity index (χ0n) is 13.7. The fourth-order valence-corrected chi connectivity index (χ4v) is 4.16. The van der Waals surface area contributed by atoms with Gasteiger partial charge in [-0.2, -0.15) is 5.48 Å². The summed E-state index contributed by atoms with van der Waals surface area (Å²) >= 11 is 0. The summed E-state index contributed by atoms with van der Waals surface area (Å²) in [5, 5.41) is 0. The lowest BCUT2D eigenvalue weighted by molar-refractivity contribution is 0.00222. The number of furan rings is 1. The van der Waals surface area contributed by atoms with Gasteiger partial charge in [-0.25, -0.2) is 0 Å². The van der Waals surface area contributed by atoms with Crippen molar-refractivity contribution in [2.24, 2.45) is 11.3 Å². The molecule has 23 heavy (non-hydrogen) atoms. The number of rotatable bonds is 3. The number of hydrogen-bond donors (Lipinski definition) is 1. The van der Waals surface area contributed by atoms with Crippen molar-refractivity contribution in [3.63, 3.8) is 0 Å². The van der Waals surface area contributed by atoms with Crippen LogP contribution >= 0.6 is 0 Å². The second-order valence-corrected chi connectivity index (χ2v) is 7.46. The largest absolute Gasteiger partial charge is 0.466 e. The van der Waals surface area contributed by atoms with Gasteiger partial charge in [0.05, 0.1) is 6.26 Å². The van der Waals surface area contributed by atoms with Crippen LogP contribution in [0.15, 0.2) is 53.1 Å². The third kappa shape index (κ3) is 2.82. The third-order valence-corrected chi connectivity index (χ3v) is 5.15. The maximum atomic E-state index is 5.91. The van der Waals surface area contributed by atoms with E-state index in [9.17, 15) is 0 Å². The van der Waals surface area contributed by atoms with Gasteiger partial charge in [-0.3, -0.25) is 9.74 Å². The van der Waals surface area contributed by atoms with Crippen molar-refractivity contribution in [2.45, 2.75) is 32.5 Å². The minimum Gasteiger partial charge on any atom is -0.466 e. The van der Waals surface area contributed by atoms with Crippen LogP contribution in [-0.2, 0) is 11.4 Å². The van der Waals surface area contributed by atoms with Gasteiger partial charge in [0.15, 0.2) is 0 Å².